The fraction of sp³-hybridized carbons (Fsp3) is 0.357. The fourth-order valence-corrected chi connectivity index (χ4v) is 3.49. The Labute approximate surface area is 142 Å². The molecule has 0 spiro atoms. The van der Waals surface area contributed by atoms with Gasteiger partial charge in [0, 0.05) is 5.02 Å². The van der Waals surface area contributed by atoms with E-state index in [1.807, 2.05) is 13.8 Å². The molecule has 0 aliphatic carbocycles. The van der Waals surface area contributed by atoms with Crippen LogP contribution in [-0.2, 0) is 4.79 Å². The van der Waals surface area contributed by atoms with Gasteiger partial charge in [-0.2, -0.15) is 0 Å². The number of carbonyl (C=O) groups is 1. The van der Waals surface area contributed by atoms with Crippen molar-refractivity contribution in [3.05, 3.63) is 29.3 Å². The molecule has 8 heteroatoms. The Kier molecular flexibility index (Phi) is 6.48. The first kappa shape index (κ1) is 17.1. The number of ether oxygens (including phenoxy) is 1. The summed E-state index contributed by atoms with van der Waals surface area (Å²) in [4.78, 5) is 12.3. The van der Waals surface area contributed by atoms with Gasteiger partial charge in [0.25, 0.3) is 5.91 Å². The first-order valence-electron chi connectivity index (χ1n) is 6.81. The van der Waals surface area contributed by atoms with E-state index in [1.165, 1.54) is 11.3 Å². The molecule has 0 saturated heterocycles. The van der Waals surface area contributed by atoms with E-state index in [2.05, 4.69) is 15.5 Å². The monoisotopic (exact) mass is 357 g/mol. The van der Waals surface area contributed by atoms with Gasteiger partial charge in [0.15, 0.2) is 10.4 Å². The average molecular weight is 358 g/mol. The second-order valence-corrected chi connectivity index (χ2v) is 7.19. The predicted molar refractivity (Wildman–Crippen MR) is 91.1 cm³/mol. The van der Waals surface area contributed by atoms with Gasteiger partial charge in [-0.25, -0.2) is 0 Å². The number of halogens is 1. The lowest BCUT2D eigenvalue weighted by atomic mass is 10.2. The standard InChI is InChI=1S/C14H16ClN3O2S2/c1-3-11(20-10-7-5-6-9(15)8-10)12(19)16-13-17-18-14(22-13)21-4-2/h5-8,11H,3-4H2,1-2H3,(H,16,17,19)/t11-/m0/s1. The zero-order valence-corrected chi connectivity index (χ0v) is 14.6. The third-order valence-corrected chi connectivity index (χ3v) is 4.73. The molecule has 1 amide bonds. The number of hydrogen-bond donors (Lipinski definition) is 1. The largest absolute Gasteiger partial charge is 0.481 e. The lowest BCUT2D eigenvalue weighted by Gasteiger charge is -2.16. The Morgan fingerprint density at radius 1 is 1.45 bits per heavy atom. The van der Waals surface area contributed by atoms with E-state index in [0.29, 0.717) is 22.3 Å². The predicted octanol–water partition coefficient (Wildman–Crippen LogP) is 4.10. The Morgan fingerprint density at radius 3 is 2.95 bits per heavy atom. The zero-order valence-electron chi connectivity index (χ0n) is 12.2. The van der Waals surface area contributed by atoms with Gasteiger partial charge in [-0.15, -0.1) is 10.2 Å². The number of benzene rings is 1. The van der Waals surface area contributed by atoms with Crippen molar-refractivity contribution >= 4 is 45.7 Å². The van der Waals surface area contributed by atoms with Gasteiger partial charge in [0.05, 0.1) is 0 Å². The molecule has 1 aromatic carbocycles. The Morgan fingerprint density at radius 2 is 2.27 bits per heavy atom. The molecule has 0 aliphatic rings. The zero-order chi connectivity index (χ0) is 15.9. The van der Waals surface area contributed by atoms with Crippen LogP contribution in [0.5, 0.6) is 5.75 Å². The number of hydrogen-bond acceptors (Lipinski definition) is 6. The van der Waals surface area contributed by atoms with Gasteiger partial charge < -0.3 is 4.74 Å². The van der Waals surface area contributed by atoms with Crippen molar-refractivity contribution in [2.75, 3.05) is 11.1 Å². The topological polar surface area (TPSA) is 64.1 Å². The molecule has 1 aromatic heterocycles. The minimum atomic E-state index is -0.607. The highest BCUT2D eigenvalue weighted by Gasteiger charge is 2.20. The van der Waals surface area contributed by atoms with Crippen molar-refractivity contribution in [2.24, 2.45) is 0 Å². The van der Waals surface area contributed by atoms with Crippen LogP contribution < -0.4 is 10.1 Å². The van der Waals surface area contributed by atoms with Crippen molar-refractivity contribution in [3.63, 3.8) is 0 Å². The Bertz CT molecular complexity index is 636. The van der Waals surface area contributed by atoms with Crippen LogP contribution in [0.1, 0.15) is 20.3 Å². The number of amides is 1. The smallest absolute Gasteiger partial charge is 0.267 e. The van der Waals surface area contributed by atoms with Crippen LogP contribution in [0.15, 0.2) is 28.6 Å². The fourth-order valence-electron chi connectivity index (χ4n) is 1.65. The van der Waals surface area contributed by atoms with Crippen LogP contribution >= 0.6 is 34.7 Å². The van der Waals surface area contributed by atoms with Crippen molar-refractivity contribution in [1.82, 2.24) is 10.2 Å². The summed E-state index contributed by atoms with van der Waals surface area (Å²) < 4.78 is 6.52. The normalized spacial score (nSPS) is 12.0. The molecule has 1 atom stereocenters. The van der Waals surface area contributed by atoms with Crippen LogP contribution in [-0.4, -0.2) is 28.0 Å². The SMILES string of the molecule is CCSc1nnc(NC(=O)[C@H](CC)Oc2cccc(Cl)c2)s1. The van der Waals surface area contributed by atoms with E-state index < -0.39 is 6.10 Å². The molecule has 1 N–H and O–H groups in total. The minimum Gasteiger partial charge on any atom is -0.481 e. The molecule has 1 heterocycles. The number of nitrogens with one attached hydrogen (secondary N) is 1. The van der Waals surface area contributed by atoms with E-state index in [-0.39, 0.29) is 5.91 Å². The molecule has 118 valence electrons. The molecule has 0 saturated carbocycles. The summed E-state index contributed by atoms with van der Waals surface area (Å²) in [5, 5.41) is 11.7. The van der Waals surface area contributed by atoms with Crippen LogP contribution in [0, 0.1) is 0 Å². The molecular weight excluding hydrogens is 342 g/mol. The van der Waals surface area contributed by atoms with E-state index in [9.17, 15) is 4.79 Å². The van der Waals surface area contributed by atoms with Crippen molar-refractivity contribution in [1.29, 1.82) is 0 Å². The Balaban J connectivity index is 1.98. The van der Waals surface area contributed by atoms with Gasteiger partial charge in [-0.3, -0.25) is 10.1 Å². The van der Waals surface area contributed by atoms with Crippen LogP contribution in [0.2, 0.25) is 5.02 Å². The molecule has 0 radical (unpaired) electrons. The third-order valence-electron chi connectivity index (χ3n) is 2.64. The highest BCUT2D eigenvalue weighted by atomic mass is 35.5. The van der Waals surface area contributed by atoms with Gasteiger partial charge in [0.2, 0.25) is 5.13 Å². The number of rotatable bonds is 7. The maximum atomic E-state index is 12.3. The summed E-state index contributed by atoms with van der Waals surface area (Å²) in [7, 11) is 0. The highest BCUT2D eigenvalue weighted by molar-refractivity contribution is 8.01. The molecule has 0 aliphatic heterocycles. The number of aromatic nitrogens is 2. The quantitative estimate of drug-likeness (QED) is 0.597. The summed E-state index contributed by atoms with van der Waals surface area (Å²) in [6, 6.07) is 6.98. The van der Waals surface area contributed by atoms with Crippen LogP contribution in [0.25, 0.3) is 0 Å². The molecule has 0 unspecified atom stereocenters. The molecular formula is C14H16ClN3O2S2. The summed E-state index contributed by atoms with van der Waals surface area (Å²) in [6.07, 6.45) is -0.0714. The van der Waals surface area contributed by atoms with Crippen molar-refractivity contribution in [2.45, 2.75) is 30.7 Å². The number of carbonyl (C=O) groups excluding carboxylic acids is 1. The highest BCUT2D eigenvalue weighted by Crippen LogP contribution is 2.25. The van der Waals surface area contributed by atoms with E-state index >= 15 is 0 Å². The van der Waals surface area contributed by atoms with Gasteiger partial charge in [-0.1, -0.05) is 54.6 Å². The molecule has 0 bridgehead atoms. The van der Waals surface area contributed by atoms with E-state index in [1.54, 1.807) is 36.0 Å². The lowest BCUT2D eigenvalue weighted by Crippen LogP contribution is -2.32. The van der Waals surface area contributed by atoms with Gasteiger partial charge in [0.1, 0.15) is 5.75 Å². The Hall–Kier alpha value is -1.31. The molecule has 5 nitrogen and oxygen atoms in total. The summed E-state index contributed by atoms with van der Waals surface area (Å²) in [5.41, 5.74) is 0. The van der Waals surface area contributed by atoms with Crippen LogP contribution in [0.4, 0.5) is 5.13 Å². The first-order chi connectivity index (χ1) is 10.6. The molecule has 0 fully saturated rings. The van der Waals surface area contributed by atoms with Gasteiger partial charge in [-0.05, 0) is 30.4 Å². The van der Waals surface area contributed by atoms with Gasteiger partial charge >= 0.3 is 0 Å². The summed E-state index contributed by atoms with van der Waals surface area (Å²) in [5.74, 6) is 1.23. The first-order valence-corrected chi connectivity index (χ1v) is 8.99. The van der Waals surface area contributed by atoms with Crippen LogP contribution in [0.3, 0.4) is 0 Å². The lowest BCUT2D eigenvalue weighted by molar-refractivity contribution is -0.122. The molecule has 2 rings (SSSR count). The second-order valence-electron chi connectivity index (χ2n) is 4.27. The van der Waals surface area contributed by atoms with E-state index in [0.717, 1.165) is 10.1 Å². The van der Waals surface area contributed by atoms with E-state index in [4.69, 9.17) is 16.3 Å². The number of nitrogens with zero attached hydrogens (tertiary/aromatic N) is 2. The number of anilines is 1. The summed E-state index contributed by atoms with van der Waals surface area (Å²) in [6.45, 7) is 3.92. The second kappa shape index (κ2) is 8.36. The minimum absolute atomic E-state index is 0.244. The maximum absolute atomic E-state index is 12.3. The number of thioether (sulfide) groups is 1. The summed E-state index contributed by atoms with van der Waals surface area (Å²) >= 11 is 8.86. The third kappa shape index (κ3) is 4.86. The molecule has 22 heavy (non-hydrogen) atoms. The van der Waals surface area contributed by atoms with Crippen molar-refractivity contribution < 1.29 is 9.53 Å². The molecule has 2 aromatic rings. The maximum Gasteiger partial charge on any atom is 0.267 e. The average Bonchev–Trinajstić information content (AvgIpc) is 2.92. The van der Waals surface area contributed by atoms with Crippen molar-refractivity contribution in [3.8, 4) is 5.75 Å².